The summed E-state index contributed by atoms with van der Waals surface area (Å²) >= 11 is 0. The van der Waals surface area contributed by atoms with Crippen LogP contribution in [0.5, 0.6) is 0 Å². The van der Waals surface area contributed by atoms with E-state index in [-0.39, 0.29) is 11.9 Å². The van der Waals surface area contributed by atoms with Crippen molar-refractivity contribution < 1.29 is 33.0 Å². The largest absolute Gasteiger partial charge is 0.431 e. The number of aryl methyl sites for hydroxylation is 1. The number of nitrogens with two attached hydrogens (primary N) is 2. The van der Waals surface area contributed by atoms with Gasteiger partial charge in [-0.25, -0.2) is 23.9 Å². The summed E-state index contributed by atoms with van der Waals surface area (Å²) in [5.41, 5.74) is 16.9. The smallest absolute Gasteiger partial charge is 0.405 e. The average Bonchev–Trinajstić information content (AvgIpc) is 4.11. The van der Waals surface area contributed by atoms with Crippen molar-refractivity contribution in [1.82, 2.24) is 29.7 Å². The number of carbonyl (C=O) groups excluding carboxylic acids is 4. The van der Waals surface area contributed by atoms with Crippen LogP contribution in [-0.2, 0) is 19.1 Å². The molecule has 0 bridgehead atoms. The maximum atomic E-state index is 16.4. The predicted octanol–water partition coefficient (Wildman–Crippen LogP) is 7.89. The van der Waals surface area contributed by atoms with Crippen molar-refractivity contribution in [2.45, 2.75) is 63.8 Å². The second-order valence-corrected chi connectivity index (χ2v) is 15.3. The molecular weight excluding hydrogens is 780 g/mol. The van der Waals surface area contributed by atoms with Crippen molar-refractivity contribution in [2.24, 2.45) is 11.5 Å². The van der Waals surface area contributed by atoms with Crippen molar-refractivity contribution in [1.29, 1.82) is 0 Å². The second-order valence-electron chi connectivity index (χ2n) is 15.3. The molecule has 0 saturated carbocycles. The van der Waals surface area contributed by atoms with Crippen LogP contribution in [0, 0.1) is 19.7 Å². The molecule has 4 amide bonds. The van der Waals surface area contributed by atoms with Gasteiger partial charge in [0.2, 0.25) is 12.2 Å². The normalized spacial score (nSPS) is 17.2. The van der Waals surface area contributed by atoms with Gasteiger partial charge in [0.15, 0.2) is 0 Å². The van der Waals surface area contributed by atoms with Crippen LogP contribution in [0.2, 0.25) is 0 Å². The molecule has 2 fully saturated rings. The van der Waals surface area contributed by atoms with Gasteiger partial charge in [-0.2, -0.15) is 0 Å². The number of ether oxygens (including phenoxy) is 2. The first-order valence-corrected chi connectivity index (χ1v) is 20.1. The first-order valence-electron chi connectivity index (χ1n) is 20.1. The lowest BCUT2D eigenvalue weighted by atomic mass is 9.92. The number of hydrogen-bond acceptors (Lipinski definition) is 8. The number of hydrogen-bond donors (Lipinski definition) is 4. The summed E-state index contributed by atoms with van der Waals surface area (Å²) in [7, 11) is 0. The third-order valence-electron chi connectivity index (χ3n) is 11.5. The van der Waals surface area contributed by atoms with Crippen molar-refractivity contribution in [3.8, 4) is 33.6 Å². The zero-order valence-electron chi connectivity index (χ0n) is 33.6. The number of H-pyrrole nitrogens is 2. The van der Waals surface area contributed by atoms with Crippen LogP contribution >= 0.6 is 0 Å². The molecule has 2 unspecified atom stereocenters. The number of amides is 4. The number of imidazole rings is 2. The molecule has 2 aromatic heterocycles. The SMILES string of the molecule is Cc1cc(-c2ccc(-c3cnc(C4CCCN4C(=O)[C@H](OC(N)=O)c4ccccc4)[nH]3)cc2)c(C)c(F)c1-c1cnc(C2CCCN2C(=O)[C@H](OC(N)=O)c2ccccc2)[nH]1. The molecule has 6 aromatic rings. The Bertz CT molecular complexity index is 2580. The first-order chi connectivity index (χ1) is 29.5. The lowest BCUT2D eigenvalue weighted by molar-refractivity contribution is -0.142. The van der Waals surface area contributed by atoms with Gasteiger partial charge in [0.1, 0.15) is 17.5 Å². The van der Waals surface area contributed by atoms with Crippen molar-refractivity contribution in [2.75, 3.05) is 13.1 Å². The number of carbonyl (C=O) groups is 4. The van der Waals surface area contributed by atoms with Crippen LogP contribution in [0.4, 0.5) is 14.0 Å². The van der Waals surface area contributed by atoms with E-state index >= 15 is 4.39 Å². The van der Waals surface area contributed by atoms with Gasteiger partial charge in [0.25, 0.3) is 11.8 Å². The fourth-order valence-corrected chi connectivity index (χ4v) is 8.56. The zero-order chi connectivity index (χ0) is 42.8. The van der Waals surface area contributed by atoms with Crippen LogP contribution in [0.1, 0.15) is 83.9 Å². The lowest BCUT2D eigenvalue weighted by Crippen LogP contribution is -2.37. The minimum Gasteiger partial charge on any atom is -0.431 e. The number of halogens is 1. The monoisotopic (exact) mass is 824 g/mol. The van der Waals surface area contributed by atoms with Crippen molar-refractivity contribution in [3.05, 3.63) is 143 Å². The van der Waals surface area contributed by atoms with Crippen LogP contribution in [-0.4, -0.2) is 66.8 Å². The molecule has 14 nitrogen and oxygen atoms in total. The molecule has 0 aliphatic carbocycles. The summed E-state index contributed by atoms with van der Waals surface area (Å²) in [5.74, 6) is -0.0547. The standard InChI is InChI=1S/C46H45FN8O6/c1-26-23-32(27(2)38(47)37(26)34-25-51-42(53-34)36-16-10-22-55(36)44(57)40(61-46(49)59)31-13-7-4-8-14-31)28-17-19-29(20-18-28)33-24-50-41(52-33)35-15-9-21-54(35)43(56)39(60-45(48)58)30-11-5-3-6-12-30/h3-8,11-14,17-20,23-25,35-36,39-40H,9-10,15-16,21-22H2,1-2H3,(H2,48,58)(H2,49,59)(H,50,52)(H,51,53)/t35?,36?,39-,40-/m1/s1. The van der Waals surface area contributed by atoms with E-state index in [0.717, 1.165) is 28.8 Å². The highest BCUT2D eigenvalue weighted by atomic mass is 19.1. The highest BCUT2D eigenvalue weighted by Crippen LogP contribution is 2.39. The molecule has 312 valence electrons. The summed E-state index contributed by atoms with van der Waals surface area (Å²) < 4.78 is 27.0. The van der Waals surface area contributed by atoms with E-state index in [1.807, 2.05) is 43.3 Å². The van der Waals surface area contributed by atoms with Gasteiger partial charge >= 0.3 is 12.2 Å². The highest BCUT2D eigenvalue weighted by Gasteiger charge is 2.39. The Morgan fingerprint density at radius 3 is 1.64 bits per heavy atom. The molecule has 2 saturated heterocycles. The fourth-order valence-electron chi connectivity index (χ4n) is 8.56. The fraction of sp³-hybridized carbons (Fsp3) is 0.261. The van der Waals surface area contributed by atoms with Gasteiger partial charge < -0.3 is 40.7 Å². The van der Waals surface area contributed by atoms with E-state index < -0.39 is 42.2 Å². The Balaban J connectivity index is 0.986. The number of nitrogens with zero attached hydrogens (tertiary/aromatic N) is 4. The van der Waals surface area contributed by atoms with Gasteiger partial charge in [0, 0.05) is 29.8 Å². The van der Waals surface area contributed by atoms with E-state index in [0.29, 0.717) is 77.5 Å². The number of likely N-dealkylation sites (tertiary alicyclic amines) is 2. The minimum absolute atomic E-state index is 0.351. The Kier molecular flexibility index (Phi) is 11.4. The van der Waals surface area contributed by atoms with Gasteiger partial charge in [-0.3, -0.25) is 9.59 Å². The second kappa shape index (κ2) is 17.1. The maximum absolute atomic E-state index is 16.4. The molecule has 0 spiro atoms. The number of nitrogens with one attached hydrogen (secondary N) is 2. The Morgan fingerprint density at radius 2 is 1.15 bits per heavy atom. The first kappa shape index (κ1) is 40.5. The van der Waals surface area contributed by atoms with E-state index in [4.69, 9.17) is 20.9 Å². The van der Waals surface area contributed by atoms with Crippen LogP contribution in [0.25, 0.3) is 33.6 Å². The number of aromatic nitrogens is 4. The van der Waals surface area contributed by atoms with Crippen molar-refractivity contribution >= 4 is 24.0 Å². The van der Waals surface area contributed by atoms with Crippen LogP contribution < -0.4 is 11.5 Å². The molecular formula is C46H45FN8O6. The molecule has 15 heteroatoms. The third kappa shape index (κ3) is 8.18. The summed E-state index contributed by atoms with van der Waals surface area (Å²) in [4.78, 5) is 70.3. The molecule has 6 N–H and O–H groups in total. The number of primary amides is 2. The molecule has 61 heavy (non-hydrogen) atoms. The summed E-state index contributed by atoms with van der Waals surface area (Å²) in [6, 6.07) is 26.4. The maximum Gasteiger partial charge on any atom is 0.405 e. The third-order valence-corrected chi connectivity index (χ3v) is 11.5. The highest BCUT2D eigenvalue weighted by molar-refractivity contribution is 5.86. The zero-order valence-corrected chi connectivity index (χ0v) is 33.6. The molecule has 0 radical (unpaired) electrons. The van der Waals surface area contributed by atoms with Crippen LogP contribution in [0.3, 0.4) is 0 Å². The van der Waals surface area contributed by atoms with Crippen molar-refractivity contribution in [3.63, 3.8) is 0 Å². The molecule has 4 atom stereocenters. The summed E-state index contributed by atoms with van der Waals surface area (Å²) in [6.45, 7) is 4.49. The average molecular weight is 825 g/mol. The Labute approximate surface area is 351 Å². The van der Waals surface area contributed by atoms with E-state index in [9.17, 15) is 19.2 Å². The topological polar surface area (TPSA) is 203 Å². The quantitative estimate of drug-likeness (QED) is 0.101. The van der Waals surface area contributed by atoms with Gasteiger partial charge in [0.05, 0.1) is 35.9 Å². The summed E-state index contributed by atoms with van der Waals surface area (Å²) in [6.07, 6.45) is 1.59. The van der Waals surface area contributed by atoms with Crippen LogP contribution in [0.15, 0.2) is 103 Å². The van der Waals surface area contributed by atoms with E-state index in [1.165, 1.54) is 0 Å². The van der Waals surface area contributed by atoms with Gasteiger partial charge in [-0.1, -0.05) is 91.0 Å². The number of benzene rings is 4. The number of aromatic amines is 2. The molecule has 2 aliphatic heterocycles. The molecule has 4 heterocycles. The Hall–Kier alpha value is -7.29. The van der Waals surface area contributed by atoms with Gasteiger partial charge in [-0.05, 0) is 67.3 Å². The van der Waals surface area contributed by atoms with E-state index in [2.05, 4.69) is 19.9 Å². The van der Waals surface area contributed by atoms with Gasteiger partial charge in [-0.15, -0.1) is 0 Å². The molecule has 2 aliphatic rings. The summed E-state index contributed by atoms with van der Waals surface area (Å²) in [5, 5.41) is 0. The molecule has 4 aromatic carbocycles. The van der Waals surface area contributed by atoms with E-state index in [1.54, 1.807) is 83.7 Å². The molecule has 8 rings (SSSR count). The Morgan fingerprint density at radius 1 is 0.689 bits per heavy atom. The predicted molar refractivity (Wildman–Crippen MR) is 224 cm³/mol. The number of rotatable bonds is 11. The minimum atomic E-state index is -1.21. The lowest BCUT2D eigenvalue weighted by Gasteiger charge is -2.27.